The summed E-state index contributed by atoms with van der Waals surface area (Å²) in [6, 6.07) is 14.4. The van der Waals surface area contributed by atoms with Gasteiger partial charge in [0.2, 0.25) is 0 Å². The Balaban J connectivity index is 1.68. The van der Waals surface area contributed by atoms with Crippen molar-refractivity contribution in [2.24, 2.45) is 5.92 Å². The van der Waals surface area contributed by atoms with E-state index in [2.05, 4.69) is 12.1 Å². The predicted molar refractivity (Wildman–Crippen MR) is 91.7 cm³/mol. The van der Waals surface area contributed by atoms with Gasteiger partial charge in [0.1, 0.15) is 5.69 Å². The molecule has 0 aromatic heterocycles. The molecule has 2 aromatic rings. The molecule has 1 unspecified atom stereocenters. The van der Waals surface area contributed by atoms with E-state index in [9.17, 15) is 14.9 Å². The molecule has 3 rings (SSSR count). The fraction of sp³-hybridized carbons (Fsp3) is 0.278. The van der Waals surface area contributed by atoms with Crippen molar-refractivity contribution >= 4 is 17.3 Å². The van der Waals surface area contributed by atoms with Gasteiger partial charge in [0, 0.05) is 24.7 Å². The van der Waals surface area contributed by atoms with Crippen LogP contribution in [0.2, 0.25) is 0 Å². The lowest BCUT2D eigenvalue weighted by atomic mass is 9.99. The minimum absolute atomic E-state index is 0.0694. The van der Waals surface area contributed by atoms with E-state index in [4.69, 9.17) is 5.73 Å². The SMILES string of the molecule is Nc1ccc(C(=O)N2CCC(Cc3ccccc3)C2)cc1[N+](=O)[O-]. The number of likely N-dealkylation sites (tertiary alicyclic amines) is 1. The molecule has 1 amide bonds. The van der Waals surface area contributed by atoms with Crippen molar-refractivity contribution in [3.63, 3.8) is 0 Å². The number of amides is 1. The molecule has 0 bridgehead atoms. The van der Waals surface area contributed by atoms with Crippen molar-refractivity contribution in [2.45, 2.75) is 12.8 Å². The summed E-state index contributed by atoms with van der Waals surface area (Å²) in [5.74, 6) is 0.244. The average Bonchev–Trinajstić information content (AvgIpc) is 3.04. The van der Waals surface area contributed by atoms with E-state index in [1.54, 1.807) is 11.0 Å². The van der Waals surface area contributed by atoms with Gasteiger partial charge in [-0.25, -0.2) is 0 Å². The summed E-state index contributed by atoms with van der Waals surface area (Å²) in [5.41, 5.74) is 7.01. The van der Waals surface area contributed by atoms with Crippen LogP contribution in [0.15, 0.2) is 48.5 Å². The van der Waals surface area contributed by atoms with Gasteiger partial charge in [0.05, 0.1) is 4.92 Å². The maximum Gasteiger partial charge on any atom is 0.292 e. The maximum absolute atomic E-state index is 12.6. The minimum atomic E-state index is -0.561. The lowest BCUT2D eigenvalue weighted by Gasteiger charge is -2.17. The molecule has 1 aliphatic rings. The van der Waals surface area contributed by atoms with Crippen LogP contribution in [0, 0.1) is 16.0 Å². The van der Waals surface area contributed by atoms with Crippen molar-refractivity contribution in [1.29, 1.82) is 0 Å². The fourth-order valence-electron chi connectivity index (χ4n) is 3.15. The summed E-state index contributed by atoms with van der Waals surface area (Å²) in [6.07, 6.45) is 1.88. The van der Waals surface area contributed by atoms with E-state index in [1.165, 1.54) is 17.7 Å². The van der Waals surface area contributed by atoms with Crippen LogP contribution in [0.25, 0.3) is 0 Å². The number of rotatable bonds is 4. The van der Waals surface area contributed by atoms with E-state index < -0.39 is 4.92 Å². The van der Waals surface area contributed by atoms with E-state index in [-0.39, 0.29) is 17.3 Å². The summed E-state index contributed by atoms with van der Waals surface area (Å²) in [6.45, 7) is 1.35. The molecule has 2 aromatic carbocycles. The highest BCUT2D eigenvalue weighted by molar-refractivity contribution is 5.95. The highest BCUT2D eigenvalue weighted by Crippen LogP contribution is 2.26. The first-order valence-electron chi connectivity index (χ1n) is 7.91. The van der Waals surface area contributed by atoms with Gasteiger partial charge in [-0.1, -0.05) is 30.3 Å². The summed E-state index contributed by atoms with van der Waals surface area (Å²) >= 11 is 0. The van der Waals surface area contributed by atoms with Crippen LogP contribution in [-0.2, 0) is 6.42 Å². The van der Waals surface area contributed by atoms with Gasteiger partial charge in [-0.3, -0.25) is 14.9 Å². The van der Waals surface area contributed by atoms with Gasteiger partial charge in [-0.05, 0) is 36.5 Å². The maximum atomic E-state index is 12.6. The standard InChI is InChI=1S/C18H19N3O3/c19-16-7-6-15(11-17(16)21(23)24)18(22)20-9-8-14(12-20)10-13-4-2-1-3-5-13/h1-7,11,14H,8-10,12,19H2. The number of nitrogens with two attached hydrogens (primary N) is 1. The van der Waals surface area contributed by atoms with Crippen molar-refractivity contribution in [3.05, 3.63) is 69.8 Å². The lowest BCUT2D eigenvalue weighted by molar-refractivity contribution is -0.383. The third-order valence-corrected chi connectivity index (χ3v) is 4.41. The van der Waals surface area contributed by atoms with Crippen molar-refractivity contribution in [3.8, 4) is 0 Å². The lowest BCUT2D eigenvalue weighted by Crippen LogP contribution is -2.29. The first-order chi connectivity index (χ1) is 11.5. The van der Waals surface area contributed by atoms with Crippen LogP contribution in [-0.4, -0.2) is 28.8 Å². The van der Waals surface area contributed by atoms with Crippen LogP contribution < -0.4 is 5.73 Å². The zero-order valence-corrected chi connectivity index (χ0v) is 13.2. The van der Waals surface area contributed by atoms with Crippen LogP contribution in [0.4, 0.5) is 11.4 Å². The normalized spacial score (nSPS) is 17.0. The molecular weight excluding hydrogens is 306 g/mol. The Bertz CT molecular complexity index is 761. The number of anilines is 1. The summed E-state index contributed by atoms with van der Waals surface area (Å²) in [4.78, 5) is 24.8. The van der Waals surface area contributed by atoms with Gasteiger partial charge in [0.25, 0.3) is 11.6 Å². The Hall–Kier alpha value is -2.89. The van der Waals surface area contributed by atoms with Gasteiger partial charge in [-0.15, -0.1) is 0 Å². The largest absolute Gasteiger partial charge is 0.393 e. The Morgan fingerprint density at radius 2 is 2.00 bits per heavy atom. The van der Waals surface area contributed by atoms with Crippen LogP contribution >= 0.6 is 0 Å². The summed E-state index contributed by atoms with van der Waals surface area (Å²) < 4.78 is 0. The quantitative estimate of drug-likeness (QED) is 0.532. The molecule has 1 aliphatic heterocycles. The topological polar surface area (TPSA) is 89.5 Å². The second-order valence-corrected chi connectivity index (χ2v) is 6.13. The van der Waals surface area contributed by atoms with E-state index in [0.717, 1.165) is 12.8 Å². The highest BCUT2D eigenvalue weighted by atomic mass is 16.6. The van der Waals surface area contributed by atoms with Crippen LogP contribution in [0.1, 0.15) is 22.3 Å². The van der Waals surface area contributed by atoms with Gasteiger partial charge < -0.3 is 10.6 Å². The third kappa shape index (κ3) is 3.37. The van der Waals surface area contributed by atoms with Crippen LogP contribution in [0.5, 0.6) is 0 Å². The number of hydrogen-bond donors (Lipinski definition) is 1. The molecule has 2 N–H and O–H groups in total. The van der Waals surface area contributed by atoms with Crippen molar-refractivity contribution < 1.29 is 9.72 Å². The molecule has 124 valence electrons. The average molecular weight is 325 g/mol. The van der Waals surface area contributed by atoms with E-state index in [0.29, 0.717) is 24.6 Å². The second kappa shape index (κ2) is 6.70. The molecule has 0 radical (unpaired) electrons. The number of nitro benzene ring substituents is 1. The number of nitrogen functional groups attached to an aromatic ring is 1. The Morgan fingerprint density at radius 3 is 2.71 bits per heavy atom. The highest BCUT2D eigenvalue weighted by Gasteiger charge is 2.28. The molecule has 24 heavy (non-hydrogen) atoms. The molecule has 6 heteroatoms. The van der Waals surface area contributed by atoms with Gasteiger partial charge >= 0.3 is 0 Å². The van der Waals surface area contributed by atoms with Crippen molar-refractivity contribution in [1.82, 2.24) is 4.90 Å². The fourth-order valence-corrected chi connectivity index (χ4v) is 3.15. The molecule has 1 heterocycles. The number of benzene rings is 2. The molecule has 1 fully saturated rings. The first-order valence-corrected chi connectivity index (χ1v) is 7.91. The number of nitrogens with zero attached hydrogens (tertiary/aromatic N) is 2. The molecule has 1 atom stereocenters. The number of hydrogen-bond acceptors (Lipinski definition) is 4. The summed E-state index contributed by atoms with van der Waals surface area (Å²) in [5, 5.41) is 11.0. The minimum Gasteiger partial charge on any atom is -0.393 e. The molecule has 6 nitrogen and oxygen atoms in total. The zero-order valence-electron chi connectivity index (χ0n) is 13.2. The Labute approximate surface area is 140 Å². The zero-order chi connectivity index (χ0) is 17.1. The smallest absolute Gasteiger partial charge is 0.292 e. The van der Waals surface area contributed by atoms with Gasteiger partial charge in [-0.2, -0.15) is 0 Å². The Kier molecular flexibility index (Phi) is 4.46. The number of carbonyl (C=O) groups excluding carboxylic acids is 1. The number of carbonyl (C=O) groups is 1. The molecular formula is C18H19N3O3. The summed E-state index contributed by atoms with van der Waals surface area (Å²) in [7, 11) is 0. The van der Waals surface area contributed by atoms with Gasteiger partial charge in [0.15, 0.2) is 0 Å². The third-order valence-electron chi connectivity index (χ3n) is 4.41. The predicted octanol–water partition coefficient (Wildman–Crippen LogP) is 2.88. The van der Waals surface area contributed by atoms with Crippen LogP contribution in [0.3, 0.4) is 0 Å². The van der Waals surface area contributed by atoms with Crippen molar-refractivity contribution in [2.75, 3.05) is 18.8 Å². The van der Waals surface area contributed by atoms with E-state index >= 15 is 0 Å². The molecule has 0 saturated carbocycles. The monoisotopic (exact) mass is 325 g/mol. The van der Waals surface area contributed by atoms with E-state index in [1.807, 2.05) is 18.2 Å². The Morgan fingerprint density at radius 1 is 1.25 bits per heavy atom. The first kappa shape index (κ1) is 16.0. The second-order valence-electron chi connectivity index (χ2n) is 6.13. The number of nitro groups is 1. The molecule has 0 spiro atoms. The molecule has 0 aliphatic carbocycles. The molecule has 1 saturated heterocycles.